The Balaban J connectivity index is 1.23. The lowest BCUT2D eigenvalue weighted by molar-refractivity contribution is -0.286. The molecule has 5 aliphatic rings. The summed E-state index contributed by atoms with van der Waals surface area (Å²) in [6.45, 7) is 14.2. The molecule has 3 saturated carbocycles. The van der Waals surface area contributed by atoms with Crippen molar-refractivity contribution in [2.24, 2.45) is 40.4 Å². The van der Waals surface area contributed by atoms with Crippen LogP contribution in [0.15, 0.2) is 11.6 Å². The van der Waals surface area contributed by atoms with E-state index in [9.17, 15) is 10.3 Å². The zero-order valence-corrected chi connectivity index (χ0v) is 22.7. The number of fused-ring (bicyclic) bond motifs is 5. The molecule has 0 bridgehead atoms. The Kier molecular flexibility index (Phi) is 6.36. The molecule has 4 fully saturated rings. The average Bonchev–Trinajstić information content (AvgIpc) is 3.24. The third kappa shape index (κ3) is 3.85. The topological polar surface area (TPSA) is 52.6 Å². The fourth-order valence-corrected chi connectivity index (χ4v) is 9.83. The van der Waals surface area contributed by atoms with Gasteiger partial charge in [0, 0.05) is 0 Å². The van der Waals surface area contributed by atoms with Crippen LogP contribution in [0.1, 0.15) is 112 Å². The number of nitrogens with zero attached hydrogens (tertiary/aromatic N) is 1. The highest BCUT2D eigenvalue weighted by molar-refractivity contribution is 5.25. The number of hydrogen-bond donors (Lipinski definition) is 1. The van der Waals surface area contributed by atoms with Crippen LogP contribution in [0.4, 0.5) is 0 Å². The number of hydroxylamine groups is 2. The van der Waals surface area contributed by atoms with E-state index < -0.39 is 11.3 Å². The van der Waals surface area contributed by atoms with Gasteiger partial charge in [-0.2, -0.15) is 0 Å². The molecule has 4 aliphatic carbocycles. The largest absolute Gasteiger partial charge is 0.393 e. The van der Waals surface area contributed by atoms with Crippen LogP contribution in [0.5, 0.6) is 0 Å². The van der Waals surface area contributed by atoms with Gasteiger partial charge in [0.05, 0.1) is 18.2 Å². The second kappa shape index (κ2) is 8.57. The molecule has 0 amide bonds. The first kappa shape index (κ1) is 25.2. The van der Waals surface area contributed by atoms with Crippen molar-refractivity contribution in [3.05, 3.63) is 11.6 Å². The van der Waals surface area contributed by atoms with E-state index in [4.69, 9.17) is 4.74 Å². The maximum Gasteiger partial charge on any atom is 0.144 e. The second-order valence-electron chi connectivity index (χ2n) is 14.3. The van der Waals surface area contributed by atoms with Crippen molar-refractivity contribution in [1.82, 2.24) is 5.06 Å². The third-order valence-electron chi connectivity index (χ3n) is 11.9. The molecule has 0 spiro atoms. The lowest BCUT2D eigenvalue weighted by Gasteiger charge is -2.58. The first-order valence-corrected chi connectivity index (χ1v) is 14.4. The summed E-state index contributed by atoms with van der Waals surface area (Å²) in [7, 11) is 0. The minimum Gasteiger partial charge on any atom is -0.393 e. The smallest absolute Gasteiger partial charge is 0.144 e. The van der Waals surface area contributed by atoms with Crippen LogP contribution in [-0.2, 0) is 9.94 Å². The van der Waals surface area contributed by atoms with Crippen molar-refractivity contribution in [1.29, 1.82) is 0 Å². The van der Waals surface area contributed by atoms with Crippen molar-refractivity contribution in [2.75, 3.05) is 6.61 Å². The maximum absolute atomic E-state index is 12.8. The standard InChI is InChI=1S/C30H50NO3/c1-20(8-7-15-30(6)31(33)27(2,3)19-34-30)24-11-12-25-23-10-9-21-18-22(32)13-16-28(21,4)26(23)14-17-29(24,25)5/h9,20,22-26,32H,7-8,10-19H2,1-6H3/t20-,22+,23+,24-,25+,26+,28+,29-,30?/m1/s1. The van der Waals surface area contributed by atoms with Gasteiger partial charge >= 0.3 is 0 Å². The highest BCUT2D eigenvalue weighted by Gasteiger charge is 2.59. The van der Waals surface area contributed by atoms with Crippen LogP contribution >= 0.6 is 0 Å². The molecule has 1 N–H and O–H groups in total. The monoisotopic (exact) mass is 472 g/mol. The number of hydrogen-bond acceptors (Lipinski definition) is 3. The molecule has 34 heavy (non-hydrogen) atoms. The number of allylic oxidation sites excluding steroid dienone is 1. The molecule has 4 nitrogen and oxygen atoms in total. The molecule has 193 valence electrons. The minimum absolute atomic E-state index is 0.113. The van der Waals surface area contributed by atoms with Crippen LogP contribution in [0.25, 0.3) is 0 Å². The van der Waals surface area contributed by atoms with Crippen LogP contribution in [-0.4, -0.2) is 34.1 Å². The number of rotatable bonds is 5. The zero-order valence-electron chi connectivity index (χ0n) is 22.7. The Morgan fingerprint density at radius 2 is 1.85 bits per heavy atom. The predicted octanol–water partition coefficient (Wildman–Crippen LogP) is 6.91. The highest BCUT2D eigenvalue weighted by Crippen LogP contribution is 2.67. The fourth-order valence-electron chi connectivity index (χ4n) is 9.83. The van der Waals surface area contributed by atoms with Gasteiger partial charge in [0.1, 0.15) is 5.72 Å². The molecule has 1 heterocycles. The molecular weight excluding hydrogens is 422 g/mol. The summed E-state index contributed by atoms with van der Waals surface area (Å²) in [6, 6.07) is 0. The Morgan fingerprint density at radius 3 is 2.56 bits per heavy atom. The molecule has 0 aromatic rings. The molecule has 1 unspecified atom stereocenters. The fraction of sp³-hybridized carbons (Fsp3) is 0.933. The first-order chi connectivity index (χ1) is 15.9. The molecule has 1 saturated heterocycles. The van der Waals surface area contributed by atoms with E-state index in [0.29, 0.717) is 23.4 Å². The van der Waals surface area contributed by atoms with E-state index in [-0.39, 0.29) is 6.10 Å². The van der Waals surface area contributed by atoms with Crippen molar-refractivity contribution < 1.29 is 15.1 Å². The lowest BCUT2D eigenvalue weighted by Crippen LogP contribution is -2.50. The van der Waals surface area contributed by atoms with Gasteiger partial charge in [-0.05, 0) is 125 Å². The van der Waals surface area contributed by atoms with Crippen LogP contribution in [0.3, 0.4) is 0 Å². The average molecular weight is 473 g/mol. The quantitative estimate of drug-likeness (QED) is 0.443. The van der Waals surface area contributed by atoms with Gasteiger partial charge in [-0.25, -0.2) is 0 Å². The summed E-state index contributed by atoms with van der Waals surface area (Å²) in [5.41, 5.74) is 1.32. The van der Waals surface area contributed by atoms with E-state index in [0.717, 1.165) is 49.4 Å². The highest BCUT2D eigenvalue weighted by atomic mass is 16.6. The number of aliphatic hydroxyl groups is 1. The molecule has 1 radical (unpaired) electrons. The molecule has 0 aromatic heterocycles. The van der Waals surface area contributed by atoms with Gasteiger partial charge in [-0.1, -0.05) is 38.8 Å². The third-order valence-corrected chi connectivity index (χ3v) is 11.9. The number of ether oxygens (including phenoxy) is 1. The summed E-state index contributed by atoms with van der Waals surface area (Å²) in [4.78, 5) is 0. The van der Waals surface area contributed by atoms with Gasteiger partial charge in [0.2, 0.25) is 0 Å². The van der Waals surface area contributed by atoms with Crippen LogP contribution < -0.4 is 0 Å². The Labute approximate surface area is 208 Å². The van der Waals surface area contributed by atoms with Crippen LogP contribution in [0, 0.1) is 40.4 Å². The van der Waals surface area contributed by atoms with Crippen molar-refractivity contribution in [3.63, 3.8) is 0 Å². The summed E-state index contributed by atoms with van der Waals surface area (Å²) >= 11 is 0. The number of aliphatic hydroxyl groups excluding tert-OH is 1. The van der Waals surface area contributed by atoms with E-state index in [1.807, 2.05) is 20.8 Å². The van der Waals surface area contributed by atoms with Gasteiger partial charge in [-0.15, -0.1) is 10.3 Å². The maximum atomic E-state index is 12.8. The second-order valence-corrected chi connectivity index (χ2v) is 14.3. The lowest BCUT2D eigenvalue weighted by atomic mass is 9.47. The molecule has 0 aromatic carbocycles. The Morgan fingerprint density at radius 1 is 1.09 bits per heavy atom. The van der Waals surface area contributed by atoms with Gasteiger partial charge in [0.15, 0.2) is 0 Å². The van der Waals surface area contributed by atoms with Crippen LogP contribution in [0.2, 0.25) is 0 Å². The van der Waals surface area contributed by atoms with E-state index in [2.05, 4.69) is 26.8 Å². The SMILES string of the molecule is C[C@H](CCCC1(C)OCC(C)(C)N1[O])[C@H]1CC[C@H]2[C@@H]3CC=C4C[C@@H](O)CC[C@]4(C)[C@H]3CC[C@]12C. The molecule has 1 aliphatic heterocycles. The Hall–Kier alpha value is -0.420. The van der Waals surface area contributed by atoms with E-state index >= 15 is 0 Å². The zero-order chi connectivity index (χ0) is 24.5. The van der Waals surface area contributed by atoms with E-state index in [1.54, 1.807) is 5.57 Å². The molecular formula is C30H50NO3. The van der Waals surface area contributed by atoms with E-state index in [1.165, 1.54) is 50.0 Å². The Bertz CT molecular complexity index is 809. The summed E-state index contributed by atoms with van der Waals surface area (Å²) in [5.74, 6) is 4.02. The molecule has 4 heteroatoms. The minimum atomic E-state index is -0.654. The van der Waals surface area contributed by atoms with Crippen molar-refractivity contribution >= 4 is 0 Å². The summed E-state index contributed by atoms with van der Waals surface area (Å²) in [5, 5.41) is 24.3. The first-order valence-electron chi connectivity index (χ1n) is 14.4. The normalized spacial score (nSPS) is 49.2. The molecule has 9 atom stereocenters. The van der Waals surface area contributed by atoms with Crippen molar-refractivity contribution in [2.45, 2.75) is 130 Å². The predicted molar refractivity (Wildman–Crippen MR) is 135 cm³/mol. The van der Waals surface area contributed by atoms with Gasteiger partial charge < -0.3 is 9.84 Å². The van der Waals surface area contributed by atoms with Gasteiger partial charge in [-0.3, -0.25) is 0 Å². The molecule has 5 rings (SSSR count). The van der Waals surface area contributed by atoms with Gasteiger partial charge in [0.25, 0.3) is 0 Å². The summed E-state index contributed by atoms with van der Waals surface area (Å²) < 4.78 is 5.99. The van der Waals surface area contributed by atoms with Crippen molar-refractivity contribution in [3.8, 4) is 0 Å². The summed E-state index contributed by atoms with van der Waals surface area (Å²) in [6.07, 6.45) is 15.4.